The Morgan fingerprint density at radius 1 is 0.324 bits per heavy atom. The highest BCUT2D eigenvalue weighted by atomic mass is 16.3. The van der Waals surface area contributed by atoms with Gasteiger partial charge in [0.2, 0.25) is 0 Å². The summed E-state index contributed by atoms with van der Waals surface area (Å²) in [6, 6.07) is 88.5. The Bertz CT molecular complexity index is 4750. The van der Waals surface area contributed by atoms with Crippen LogP contribution in [0.2, 0.25) is 0 Å². The number of aromatic nitrogens is 1. The smallest absolute Gasteiger partial charge is 0.297 e. The van der Waals surface area contributed by atoms with Gasteiger partial charge >= 0.3 is 0 Å². The van der Waals surface area contributed by atoms with E-state index in [0.29, 0.717) is 0 Å². The van der Waals surface area contributed by atoms with Crippen LogP contribution in [0, 0.1) is 0 Å². The van der Waals surface area contributed by atoms with Gasteiger partial charge in [-0.05, 0) is 111 Å². The maximum Gasteiger partial charge on any atom is 0.297 e. The Kier molecular flexibility index (Phi) is 8.03. The zero-order chi connectivity index (χ0) is 48.2. The Balaban J connectivity index is 1.05. The number of hydrogen-bond acceptors (Lipinski definition) is 4. The van der Waals surface area contributed by atoms with Crippen LogP contribution in [-0.4, -0.2) is 11.1 Å². The lowest BCUT2D eigenvalue weighted by molar-refractivity contribution is 0.651. The van der Waals surface area contributed by atoms with Crippen molar-refractivity contribution in [3.63, 3.8) is 0 Å². The van der Waals surface area contributed by atoms with Crippen LogP contribution >= 0.6 is 0 Å². The summed E-state index contributed by atoms with van der Waals surface area (Å²) < 4.78 is 17.0. The van der Waals surface area contributed by atoms with E-state index in [1.54, 1.807) is 0 Å². The van der Waals surface area contributed by atoms with Crippen LogP contribution in [0.1, 0.15) is 0 Å². The highest BCUT2D eigenvalue weighted by Gasteiger charge is 2.48. The number of furan rings is 2. The quantitative estimate of drug-likeness (QED) is 0.161. The van der Waals surface area contributed by atoms with E-state index in [2.05, 4.69) is 257 Å². The van der Waals surface area contributed by atoms with Crippen molar-refractivity contribution in [3.05, 3.63) is 243 Å². The Morgan fingerprint density at radius 2 is 0.865 bits per heavy atom. The summed E-state index contributed by atoms with van der Waals surface area (Å²) in [5.74, 6) is 0. The fourth-order valence-corrected chi connectivity index (χ4v) is 12.9. The molecule has 2 aliphatic rings. The van der Waals surface area contributed by atoms with Crippen LogP contribution in [0.3, 0.4) is 0 Å². The number of fused-ring (bicyclic) bond motifs is 15. The van der Waals surface area contributed by atoms with Gasteiger partial charge in [0.1, 0.15) is 11.2 Å². The van der Waals surface area contributed by atoms with Crippen molar-refractivity contribution in [1.82, 2.24) is 4.40 Å². The molecule has 0 saturated carbocycles. The van der Waals surface area contributed by atoms with Crippen LogP contribution in [0.25, 0.3) is 104 Å². The summed E-state index contributed by atoms with van der Waals surface area (Å²) in [6.45, 7) is -0.281. The molecule has 0 amide bonds. The summed E-state index contributed by atoms with van der Waals surface area (Å²) in [6.07, 6.45) is 0. The fraction of sp³-hybridized carbons (Fsp3) is 0. The van der Waals surface area contributed by atoms with E-state index in [9.17, 15) is 0 Å². The molecule has 74 heavy (non-hydrogen) atoms. The van der Waals surface area contributed by atoms with E-state index in [0.717, 1.165) is 112 Å². The summed E-state index contributed by atoms with van der Waals surface area (Å²) in [4.78, 5) is 5.02. The van der Waals surface area contributed by atoms with Gasteiger partial charge in [0.15, 0.2) is 5.58 Å². The second-order valence-electron chi connectivity index (χ2n) is 19.9. The Labute approximate surface area is 425 Å². The number of benzene rings is 11. The molecule has 342 valence electrons. The average molecular weight is 942 g/mol. The maximum absolute atomic E-state index is 7.44. The minimum Gasteiger partial charge on any atom is -0.468 e. The molecule has 0 saturated heterocycles. The molecule has 5 nitrogen and oxygen atoms in total. The lowest BCUT2D eigenvalue weighted by Crippen LogP contribution is -2.61. The van der Waals surface area contributed by atoms with Gasteiger partial charge in [-0.2, -0.15) is 0 Å². The number of anilines is 6. The first kappa shape index (κ1) is 39.9. The molecule has 0 fully saturated rings. The molecule has 6 heterocycles. The number of hydrogen-bond donors (Lipinski definition) is 0. The Morgan fingerprint density at radius 3 is 1.57 bits per heavy atom. The molecule has 17 rings (SSSR count). The van der Waals surface area contributed by atoms with Crippen LogP contribution in [0.5, 0.6) is 0 Å². The standard InChI is InChI=1S/C68H40BN3O2/c1-4-18-41(19-5-1)44-34-45(42-20-6-2-7-21-42)36-47(35-44)70-60-37-46(43-22-8-3-9-23-43)38-61-64(60)69(68-66(70)53-26-12-15-33-63(53)74-68)55-39-54-51-28-16-27-50-48-24-10-13-30-56(48)72(65(50)51)58(54)40-59(55)71(61)57-31-17-29-52-49-25-11-14-32-62(49)73-67(52)57/h1-40H. The van der Waals surface area contributed by atoms with Gasteiger partial charge in [0.05, 0.1) is 33.6 Å². The summed E-state index contributed by atoms with van der Waals surface area (Å²) in [7, 11) is 0. The minimum absolute atomic E-state index is 0.281. The predicted octanol–water partition coefficient (Wildman–Crippen LogP) is 16.6. The molecule has 11 aromatic carbocycles. The van der Waals surface area contributed by atoms with Gasteiger partial charge in [-0.3, -0.25) is 0 Å². The highest BCUT2D eigenvalue weighted by Crippen LogP contribution is 2.52. The molecule has 2 aliphatic heterocycles. The number of rotatable bonds is 5. The third kappa shape index (κ3) is 5.43. The van der Waals surface area contributed by atoms with Crippen molar-refractivity contribution >= 4 is 128 Å². The maximum atomic E-state index is 7.44. The normalized spacial score (nSPS) is 13.1. The molecule has 4 aromatic heterocycles. The van der Waals surface area contributed by atoms with E-state index < -0.39 is 0 Å². The van der Waals surface area contributed by atoms with Gasteiger partial charge in [0, 0.05) is 60.5 Å². The predicted molar refractivity (Wildman–Crippen MR) is 308 cm³/mol. The monoisotopic (exact) mass is 941 g/mol. The minimum atomic E-state index is -0.281. The molecule has 6 heteroatoms. The molecular formula is C68H40BN3O2. The lowest BCUT2D eigenvalue weighted by atomic mass is 9.35. The van der Waals surface area contributed by atoms with E-state index in [1.165, 1.54) is 43.5 Å². The highest BCUT2D eigenvalue weighted by molar-refractivity contribution is 7.00. The third-order valence-electron chi connectivity index (χ3n) is 16.0. The van der Waals surface area contributed by atoms with Gasteiger partial charge in [0.25, 0.3) is 6.71 Å². The van der Waals surface area contributed by atoms with E-state index in [-0.39, 0.29) is 6.71 Å². The molecule has 0 spiro atoms. The summed E-state index contributed by atoms with van der Waals surface area (Å²) >= 11 is 0. The first-order valence-corrected chi connectivity index (χ1v) is 25.4. The van der Waals surface area contributed by atoms with E-state index in [1.807, 2.05) is 0 Å². The van der Waals surface area contributed by atoms with Crippen LogP contribution < -0.4 is 26.4 Å². The molecule has 0 unspecified atom stereocenters. The van der Waals surface area contributed by atoms with Crippen molar-refractivity contribution in [2.45, 2.75) is 0 Å². The molecule has 0 radical (unpaired) electrons. The zero-order valence-electron chi connectivity index (χ0n) is 39.8. The van der Waals surface area contributed by atoms with Crippen molar-refractivity contribution in [1.29, 1.82) is 0 Å². The first-order chi connectivity index (χ1) is 36.7. The average Bonchev–Trinajstić information content (AvgIpc) is 4.32. The Hall–Kier alpha value is -9.78. The van der Waals surface area contributed by atoms with Gasteiger partial charge < -0.3 is 23.0 Å². The summed E-state index contributed by atoms with van der Waals surface area (Å²) in [5, 5.41) is 8.20. The number of para-hydroxylation sites is 5. The third-order valence-corrected chi connectivity index (χ3v) is 16.0. The second-order valence-corrected chi connectivity index (χ2v) is 19.9. The molecule has 0 bridgehead atoms. The van der Waals surface area contributed by atoms with Crippen LogP contribution in [-0.2, 0) is 0 Å². The largest absolute Gasteiger partial charge is 0.468 e. The van der Waals surface area contributed by atoms with Crippen molar-refractivity contribution < 1.29 is 8.83 Å². The van der Waals surface area contributed by atoms with Crippen molar-refractivity contribution in [2.75, 3.05) is 9.80 Å². The molecule has 0 aliphatic carbocycles. The van der Waals surface area contributed by atoms with Crippen LogP contribution in [0.4, 0.5) is 34.1 Å². The van der Waals surface area contributed by atoms with E-state index >= 15 is 0 Å². The molecule has 0 atom stereocenters. The molecule has 15 aromatic rings. The zero-order valence-corrected chi connectivity index (χ0v) is 39.8. The molecule has 0 N–H and O–H groups in total. The van der Waals surface area contributed by atoms with E-state index in [4.69, 9.17) is 8.83 Å². The first-order valence-electron chi connectivity index (χ1n) is 25.4. The van der Waals surface area contributed by atoms with Gasteiger partial charge in [-0.1, -0.05) is 176 Å². The van der Waals surface area contributed by atoms with Crippen molar-refractivity contribution in [3.8, 4) is 33.4 Å². The molecular weight excluding hydrogens is 902 g/mol. The fourth-order valence-electron chi connectivity index (χ4n) is 12.9. The SMILES string of the molecule is c1ccc(-c2cc(-c3ccccc3)cc(N3c4cc(-c5ccccc5)cc5c4B(c4cc6c7cccc8c9ccccc9n(c6cc4N5c4cccc5c4oc4ccccc45)c87)c4oc5ccccc5c43)c2)cc1. The van der Waals surface area contributed by atoms with Crippen LogP contribution in [0.15, 0.2) is 251 Å². The van der Waals surface area contributed by atoms with Crippen molar-refractivity contribution in [2.24, 2.45) is 0 Å². The number of nitrogens with zero attached hydrogens (tertiary/aromatic N) is 3. The second kappa shape index (κ2) is 14.9. The summed E-state index contributed by atoms with van der Waals surface area (Å²) in [5.41, 5.74) is 22.6. The van der Waals surface area contributed by atoms with Gasteiger partial charge in [-0.15, -0.1) is 0 Å². The topological polar surface area (TPSA) is 37.2 Å². The lowest BCUT2D eigenvalue weighted by Gasteiger charge is -2.43. The van der Waals surface area contributed by atoms with Gasteiger partial charge in [-0.25, -0.2) is 0 Å².